The van der Waals surface area contributed by atoms with Crippen LogP contribution in [0.4, 0.5) is 4.79 Å². The maximum absolute atomic E-state index is 12.0. The standard InChI is InChI=1S/C16H21N3O3/c1-13(15-8-4-3-5-9-15)18-16(20)22-19-10-6-7-14(12-19)11-17-21-2/h3-5,7-9,11,13H,6,10,12H2,1-2H3,(H,18,20). The van der Waals surface area contributed by atoms with E-state index in [4.69, 9.17) is 4.84 Å². The summed E-state index contributed by atoms with van der Waals surface area (Å²) in [6.07, 6.45) is 4.01. The lowest BCUT2D eigenvalue weighted by Gasteiger charge is -2.25. The van der Waals surface area contributed by atoms with Crippen molar-refractivity contribution in [1.29, 1.82) is 0 Å². The molecule has 0 aromatic heterocycles. The first kappa shape index (κ1) is 16.0. The summed E-state index contributed by atoms with van der Waals surface area (Å²) in [5, 5.41) is 8.16. The summed E-state index contributed by atoms with van der Waals surface area (Å²) < 4.78 is 0. The number of hydrogen-bond acceptors (Lipinski definition) is 5. The van der Waals surface area contributed by atoms with Gasteiger partial charge in [0, 0.05) is 6.54 Å². The molecule has 0 spiro atoms. The minimum absolute atomic E-state index is 0.108. The number of hydroxylamine groups is 2. The largest absolute Gasteiger partial charge is 0.426 e. The molecule has 1 heterocycles. The molecular weight excluding hydrogens is 282 g/mol. The first-order valence-electron chi connectivity index (χ1n) is 7.23. The van der Waals surface area contributed by atoms with Crippen LogP contribution in [0.3, 0.4) is 0 Å². The minimum atomic E-state index is -0.457. The summed E-state index contributed by atoms with van der Waals surface area (Å²) >= 11 is 0. The molecule has 22 heavy (non-hydrogen) atoms. The van der Waals surface area contributed by atoms with Crippen LogP contribution in [-0.4, -0.2) is 37.6 Å². The van der Waals surface area contributed by atoms with E-state index in [9.17, 15) is 4.79 Å². The summed E-state index contributed by atoms with van der Waals surface area (Å²) in [7, 11) is 1.49. The van der Waals surface area contributed by atoms with Crippen molar-refractivity contribution in [2.45, 2.75) is 19.4 Å². The molecule has 0 bridgehead atoms. The van der Waals surface area contributed by atoms with E-state index in [-0.39, 0.29) is 6.04 Å². The smallest absolute Gasteiger partial charge is 0.399 e. The molecule has 1 amide bonds. The lowest BCUT2D eigenvalue weighted by Crippen LogP contribution is -2.38. The van der Waals surface area contributed by atoms with Gasteiger partial charge in [-0.05, 0) is 24.5 Å². The first-order chi connectivity index (χ1) is 10.7. The Kier molecular flexibility index (Phi) is 5.97. The fourth-order valence-corrected chi connectivity index (χ4v) is 2.18. The summed E-state index contributed by atoms with van der Waals surface area (Å²) in [5.41, 5.74) is 1.99. The molecule has 118 valence electrons. The van der Waals surface area contributed by atoms with Crippen molar-refractivity contribution >= 4 is 12.3 Å². The van der Waals surface area contributed by atoms with Crippen molar-refractivity contribution in [3.63, 3.8) is 0 Å². The Labute approximate surface area is 130 Å². The maximum atomic E-state index is 12.0. The molecule has 0 fully saturated rings. The van der Waals surface area contributed by atoms with Crippen molar-refractivity contribution in [3.05, 3.63) is 47.5 Å². The molecule has 1 aliphatic rings. The summed E-state index contributed by atoms with van der Waals surface area (Å²) in [4.78, 5) is 21.9. The third kappa shape index (κ3) is 4.89. The van der Waals surface area contributed by atoms with Gasteiger partial charge in [0.15, 0.2) is 0 Å². The van der Waals surface area contributed by atoms with E-state index in [2.05, 4.69) is 15.3 Å². The lowest BCUT2D eigenvalue weighted by molar-refractivity contribution is -0.0941. The molecule has 0 saturated heterocycles. The van der Waals surface area contributed by atoms with Gasteiger partial charge in [-0.15, -0.1) is 5.06 Å². The number of carbonyl (C=O) groups is 1. The number of rotatable bonds is 5. The van der Waals surface area contributed by atoms with Crippen LogP contribution in [0.1, 0.15) is 24.9 Å². The molecule has 1 unspecified atom stereocenters. The fraction of sp³-hybridized carbons (Fsp3) is 0.375. The van der Waals surface area contributed by atoms with Gasteiger partial charge in [0.1, 0.15) is 7.11 Å². The van der Waals surface area contributed by atoms with E-state index < -0.39 is 6.09 Å². The van der Waals surface area contributed by atoms with Crippen LogP contribution in [0.15, 0.2) is 47.1 Å². The topological polar surface area (TPSA) is 63.2 Å². The van der Waals surface area contributed by atoms with Crippen LogP contribution in [-0.2, 0) is 9.68 Å². The number of oxime groups is 1. The fourth-order valence-electron chi connectivity index (χ4n) is 2.18. The van der Waals surface area contributed by atoms with Crippen molar-refractivity contribution in [2.24, 2.45) is 5.16 Å². The highest BCUT2D eigenvalue weighted by molar-refractivity contribution is 5.78. The number of amides is 1. The van der Waals surface area contributed by atoms with Gasteiger partial charge in [0.05, 0.1) is 18.8 Å². The van der Waals surface area contributed by atoms with E-state index in [1.165, 1.54) is 7.11 Å². The predicted molar refractivity (Wildman–Crippen MR) is 84.2 cm³/mol. The van der Waals surface area contributed by atoms with Crippen molar-refractivity contribution < 1.29 is 14.5 Å². The zero-order valence-electron chi connectivity index (χ0n) is 12.9. The molecule has 1 aliphatic heterocycles. The van der Waals surface area contributed by atoms with Gasteiger partial charge in [0.25, 0.3) is 0 Å². The third-order valence-electron chi connectivity index (χ3n) is 3.31. The molecule has 6 heteroatoms. The molecule has 1 aromatic carbocycles. The highest BCUT2D eigenvalue weighted by Gasteiger charge is 2.18. The van der Waals surface area contributed by atoms with E-state index >= 15 is 0 Å². The second-order valence-electron chi connectivity index (χ2n) is 5.00. The molecule has 1 atom stereocenters. The molecule has 2 rings (SSSR count). The van der Waals surface area contributed by atoms with E-state index in [0.29, 0.717) is 13.1 Å². The maximum Gasteiger partial charge on any atom is 0.426 e. The molecular formula is C16H21N3O3. The molecule has 0 aliphatic carbocycles. The van der Waals surface area contributed by atoms with E-state index in [1.807, 2.05) is 43.3 Å². The average molecular weight is 303 g/mol. The van der Waals surface area contributed by atoms with Gasteiger partial charge >= 0.3 is 6.09 Å². The Morgan fingerprint density at radius 2 is 2.18 bits per heavy atom. The Balaban J connectivity index is 1.82. The van der Waals surface area contributed by atoms with Gasteiger partial charge in [-0.25, -0.2) is 4.79 Å². The summed E-state index contributed by atoms with van der Waals surface area (Å²) in [6, 6.07) is 9.65. The Hall–Kier alpha value is -2.34. The Bertz CT molecular complexity index is 543. The van der Waals surface area contributed by atoms with E-state index in [0.717, 1.165) is 17.6 Å². The highest BCUT2D eigenvalue weighted by atomic mass is 16.7. The Morgan fingerprint density at radius 3 is 2.91 bits per heavy atom. The van der Waals surface area contributed by atoms with Crippen LogP contribution < -0.4 is 5.32 Å². The molecule has 6 nitrogen and oxygen atoms in total. The number of benzene rings is 1. The quantitative estimate of drug-likeness (QED) is 0.671. The number of carbonyl (C=O) groups excluding carboxylic acids is 1. The zero-order valence-corrected chi connectivity index (χ0v) is 12.9. The molecule has 1 N–H and O–H groups in total. The van der Waals surface area contributed by atoms with Gasteiger partial charge in [0.2, 0.25) is 0 Å². The SMILES string of the molecule is CON=CC1=CCCN(OC(=O)NC(C)c2ccccc2)C1. The van der Waals surface area contributed by atoms with E-state index in [1.54, 1.807) is 11.3 Å². The average Bonchev–Trinajstić information content (AvgIpc) is 2.54. The minimum Gasteiger partial charge on any atom is -0.399 e. The Morgan fingerprint density at radius 1 is 1.41 bits per heavy atom. The monoisotopic (exact) mass is 303 g/mol. The van der Waals surface area contributed by atoms with Gasteiger partial charge < -0.3 is 15.0 Å². The van der Waals surface area contributed by atoms with Crippen LogP contribution in [0.25, 0.3) is 0 Å². The summed E-state index contributed by atoms with van der Waals surface area (Å²) in [6.45, 7) is 3.08. The van der Waals surface area contributed by atoms with Crippen molar-refractivity contribution in [2.75, 3.05) is 20.2 Å². The second-order valence-corrected chi connectivity index (χ2v) is 5.00. The van der Waals surface area contributed by atoms with Crippen LogP contribution >= 0.6 is 0 Å². The molecule has 1 aromatic rings. The van der Waals surface area contributed by atoms with Gasteiger partial charge in [-0.3, -0.25) is 0 Å². The van der Waals surface area contributed by atoms with Crippen LogP contribution in [0.5, 0.6) is 0 Å². The molecule has 0 saturated carbocycles. The second kappa shape index (κ2) is 8.19. The zero-order chi connectivity index (χ0) is 15.8. The van der Waals surface area contributed by atoms with Crippen molar-refractivity contribution in [1.82, 2.24) is 10.4 Å². The number of hydrogen-bond donors (Lipinski definition) is 1. The highest BCUT2D eigenvalue weighted by Crippen LogP contribution is 2.13. The first-order valence-corrected chi connectivity index (χ1v) is 7.23. The van der Waals surface area contributed by atoms with Crippen molar-refractivity contribution in [3.8, 4) is 0 Å². The third-order valence-corrected chi connectivity index (χ3v) is 3.31. The number of nitrogens with one attached hydrogen (secondary N) is 1. The summed E-state index contributed by atoms with van der Waals surface area (Å²) in [5.74, 6) is 0. The van der Waals surface area contributed by atoms with Crippen LogP contribution in [0, 0.1) is 0 Å². The normalized spacial score (nSPS) is 16.9. The lowest BCUT2D eigenvalue weighted by atomic mass is 10.1. The van der Waals surface area contributed by atoms with Crippen LogP contribution in [0.2, 0.25) is 0 Å². The molecule has 0 radical (unpaired) electrons. The number of nitrogens with zero attached hydrogens (tertiary/aromatic N) is 2. The van der Waals surface area contributed by atoms with Gasteiger partial charge in [-0.2, -0.15) is 0 Å². The van der Waals surface area contributed by atoms with Gasteiger partial charge in [-0.1, -0.05) is 41.6 Å². The predicted octanol–water partition coefficient (Wildman–Crippen LogP) is 2.65.